The average Bonchev–Trinajstić information content (AvgIpc) is 3.05. The highest BCUT2D eigenvalue weighted by molar-refractivity contribution is 7.89. The van der Waals surface area contributed by atoms with Crippen molar-refractivity contribution in [3.63, 3.8) is 0 Å². The summed E-state index contributed by atoms with van der Waals surface area (Å²) in [5.41, 5.74) is 1.14. The molecule has 0 bridgehead atoms. The molecule has 0 radical (unpaired) electrons. The Balaban J connectivity index is 1.65. The summed E-state index contributed by atoms with van der Waals surface area (Å²) in [5.74, 6) is 0.791. The predicted molar refractivity (Wildman–Crippen MR) is 110 cm³/mol. The lowest BCUT2D eigenvalue weighted by Crippen LogP contribution is -2.38. The number of nitrogens with one attached hydrogen (secondary N) is 1. The van der Waals surface area contributed by atoms with Gasteiger partial charge in [0.25, 0.3) is 0 Å². The normalized spacial score (nSPS) is 18.9. The summed E-state index contributed by atoms with van der Waals surface area (Å²) in [7, 11) is -3.76. The maximum atomic E-state index is 13.3. The van der Waals surface area contributed by atoms with Gasteiger partial charge in [0.1, 0.15) is 11.6 Å². The van der Waals surface area contributed by atoms with Crippen LogP contribution >= 0.6 is 0 Å². The van der Waals surface area contributed by atoms with Crippen LogP contribution in [0.4, 0.5) is 4.39 Å². The molecule has 0 aliphatic carbocycles. The Bertz CT molecular complexity index is 1090. The first-order chi connectivity index (χ1) is 14.4. The lowest BCUT2D eigenvalue weighted by molar-refractivity contribution is 0.184. The molecule has 9 heteroatoms. The predicted octanol–water partition coefficient (Wildman–Crippen LogP) is 2.89. The van der Waals surface area contributed by atoms with Crippen molar-refractivity contribution in [1.29, 1.82) is 0 Å². The van der Waals surface area contributed by atoms with E-state index >= 15 is 0 Å². The van der Waals surface area contributed by atoms with Gasteiger partial charge in [0.2, 0.25) is 10.0 Å². The van der Waals surface area contributed by atoms with Crippen molar-refractivity contribution in [3.8, 4) is 0 Å². The number of hydrogen-bond donors (Lipinski definition) is 1. The zero-order valence-electron chi connectivity index (χ0n) is 16.7. The van der Waals surface area contributed by atoms with Gasteiger partial charge in [-0.25, -0.2) is 17.8 Å². The molecule has 158 valence electrons. The fourth-order valence-corrected chi connectivity index (χ4v) is 5.23. The molecule has 1 unspecified atom stereocenters. The van der Waals surface area contributed by atoms with E-state index in [1.807, 2.05) is 25.1 Å². The Morgan fingerprint density at radius 3 is 2.50 bits per heavy atom. The van der Waals surface area contributed by atoms with Gasteiger partial charge in [-0.3, -0.25) is 10.00 Å². The zero-order chi connectivity index (χ0) is 21.1. The highest BCUT2D eigenvalue weighted by Gasteiger charge is 2.35. The molecule has 1 aliphatic heterocycles. The van der Waals surface area contributed by atoms with Gasteiger partial charge in [-0.15, -0.1) is 0 Å². The van der Waals surface area contributed by atoms with E-state index in [-0.39, 0.29) is 17.5 Å². The van der Waals surface area contributed by atoms with Crippen molar-refractivity contribution in [2.24, 2.45) is 0 Å². The van der Waals surface area contributed by atoms with Crippen molar-refractivity contribution in [2.45, 2.75) is 30.8 Å². The van der Waals surface area contributed by atoms with Crippen LogP contribution in [0, 0.1) is 12.7 Å². The quantitative estimate of drug-likeness (QED) is 0.674. The van der Waals surface area contributed by atoms with Crippen LogP contribution in [-0.2, 0) is 16.6 Å². The zero-order valence-corrected chi connectivity index (χ0v) is 17.5. The van der Waals surface area contributed by atoms with Crippen LogP contribution in [0.2, 0.25) is 0 Å². The van der Waals surface area contributed by atoms with Crippen LogP contribution in [0.5, 0.6) is 0 Å². The third kappa shape index (κ3) is 4.43. The van der Waals surface area contributed by atoms with Gasteiger partial charge in [-0.1, -0.05) is 30.3 Å². The minimum Gasteiger partial charge on any atom is -0.288 e. The van der Waals surface area contributed by atoms with Gasteiger partial charge in [-0.05, 0) is 43.2 Å². The van der Waals surface area contributed by atoms with Crippen molar-refractivity contribution in [1.82, 2.24) is 24.4 Å². The second-order valence-corrected chi connectivity index (χ2v) is 9.36. The number of H-pyrrole nitrogens is 1. The number of benzene rings is 2. The van der Waals surface area contributed by atoms with Gasteiger partial charge in [-0.2, -0.15) is 9.40 Å². The molecule has 1 atom stereocenters. The number of sulfonamides is 1. The first-order valence-electron chi connectivity index (χ1n) is 9.86. The minimum atomic E-state index is -3.76. The first-order valence-corrected chi connectivity index (χ1v) is 11.3. The summed E-state index contributed by atoms with van der Waals surface area (Å²) in [4.78, 5) is 6.80. The number of halogens is 1. The van der Waals surface area contributed by atoms with E-state index in [2.05, 4.69) is 32.2 Å². The van der Waals surface area contributed by atoms with Gasteiger partial charge >= 0.3 is 0 Å². The second-order valence-electron chi connectivity index (χ2n) is 7.42. The Kier molecular flexibility index (Phi) is 5.94. The SMILES string of the molecule is Cc1nc(C2CN(S(=O)(=O)c3ccc(F)cc3)CCCN2Cc2ccccc2)n[nH]1. The number of aromatic amines is 1. The smallest absolute Gasteiger partial charge is 0.243 e. The molecule has 1 aromatic heterocycles. The summed E-state index contributed by atoms with van der Waals surface area (Å²) >= 11 is 0. The van der Waals surface area contributed by atoms with Crippen molar-refractivity contribution in [3.05, 3.63) is 77.6 Å². The number of nitrogens with zero attached hydrogens (tertiary/aromatic N) is 4. The van der Waals surface area contributed by atoms with Crippen LogP contribution in [0.3, 0.4) is 0 Å². The Labute approximate surface area is 175 Å². The molecular weight excluding hydrogens is 405 g/mol. The lowest BCUT2D eigenvalue weighted by Gasteiger charge is -2.29. The molecule has 0 amide bonds. The van der Waals surface area contributed by atoms with E-state index in [4.69, 9.17) is 0 Å². The minimum absolute atomic E-state index is 0.0883. The third-order valence-electron chi connectivity index (χ3n) is 5.26. The van der Waals surface area contributed by atoms with Crippen LogP contribution in [-0.4, -0.2) is 52.4 Å². The maximum absolute atomic E-state index is 13.3. The van der Waals surface area contributed by atoms with Gasteiger partial charge in [0.05, 0.1) is 10.9 Å². The fraction of sp³-hybridized carbons (Fsp3) is 0.333. The van der Waals surface area contributed by atoms with E-state index in [9.17, 15) is 12.8 Å². The highest BCUT2D eigenvalue weighted by Crippen LogP contribution is 2.28. The summed E-state index contributed by atoms with van der Waals surface area (Å²) in [6.07, 6.45) is 0.674. The van der Waals surface area contributed by atoms with Crippen LogP contribution < -0.4 is 0 Å². The maximum Gasteiger partial charge on any atom is 0.243 e. The average molecular weight is 430 g/mol. The molecule has 2 aromatic carbocycles. The van der Waals surface area contributed by atoms with Gasteiger partial charge in [0, 0.05) is 26.2 Å². The van der Waals surface area contributed by atoms with Crippen LogP contribution in [0.1, 0.15) is 29.7 Å². The molecule has 2 heterocycles. The molecule has 1 fully saturated rings. The number of hydrogen-bond acceptors (Lipinski definition) is 5. The molecule has 4 rings (SSSR count). The number of rotatable bonds is 5. The summed E-state index contributed by atoms with van der Waals surface area (Å²) in [6.45, 7) is 3.81. The van der Waals surface area contributed by atoms with E-state index < -0.39 is 15.8 Å². The van der Waals surface area contributed by atoms with Crippen molar-refractivity contribution in [2.75, 3.05) is 19.6 Å². The Morgan fingerprint density at radius 2 is 1.83 bits per heavy atom. The molecule has 0 spiro atoms. The highest BCUT2D eigenvalue weighted by atomic mass is 32.2. The standard InChI is InChI=1S/C21H24FN5O2S/c1-16-23-21(25-24-16)20-15-27(30(28,29)19-10-8-18(22)9-11-19)13-5-12-26(20)14-17-6-3-2-4-7-17/h2-4,6-11,20H,5,12-15H2,1H3,(H,23,24,25). The van der Waals surface area contributed by atoms with Crippen LogP contribution in [0.25, 0.3) is 0 Å². The molecule has 30 heavy (non-hydrogen) atoms. The first kappa shape index (κ1) is 20.6. The molecule has 1 aliphatic rings. The molecule has 0 saturated carbocycles. The summed E-state index contributed by atoms with van der Waals surface area (Å²) in [5, 5.41) is 7.19. The molecule has 7 nitrogen and oxygen atoms in total. The monoisotopic (exact) mass is 429 g/mol. The van der Waals surface area contributed by atoms with Gasteiger partial charge < -0.3 is 0 Å². The topological polar surface area (TPSA) is 82.2 Å². The molecule has 1 N–H and O–H groups in total. The van der Waals surface area contributed by atoms with Gasteiger partial charge in [0.15, 0.2) is 5.82 Å². The fourth-order valence-electron chi connectivity index (χ4n) is 3.74. The van der Waals surface area contributed by atoms with E-state index in [0.717, 1.165) is 5.56 Å². The van der Waals surface area contributed by atoms with E-state index in [1.165, 1.54) is 28.6 Å². The third-order valence-corrected chi connectivity index (χ3v) is 7.14. The summed E-state index contributed by atoms with van der Waals surface area (Å²) < 4.78 is 41.2. The largest absolute Gasteiger partial charge is 0.288 e. The molecule has 1 saturated heterocycles. The molecular formula is C21H24FN5O2S. The molecule has 3 aromatic rings. The second kappa shape index (κ2) is 8.63. The van der Waals surface area contributed by atoms with Crippen LogP contribution in [0.15, 0.2) is 59.5 Å². The number of aryl methyl sites for hydroxylation is 1. The Morgan fingerprint density at radius 1 is 1.10 bits per heavy atom. The van der Waals surface area contributed by atoms with E-state index in [0.29, 0.717) is 37.7 Å². The van der Waals surface area contributed by atoms with E-state index in [1.54, 1.807) is 0 Å². The Hall–Kier alpha value is -2.62. The van der Waals surface area contributed by atoms with Crippen molar-refractivity contribution >= 4 is 10.0 Å². The number of aromatic nitrogens is 3. The summed E-state index contributed by atoms with van der Waals surface area (Å²) in [6, 6.07) is 14.7. The lowest BCUT2D eigenvalue weighted by atomic mass is 10.1. The van der Waals surface area contributed by atoms with Crippen molar-refractivity contribution < 1.29 is 12.8 Å².